The average Bonchev–Trinajstić information content (AvgIpc) is 3.12. The van der Waals surface area contributed by atoms with Crippen molar-refractivity contribution in [2.75, 3.05) is 11.1 Å². The van der Waals surface area contributed by atoms with Gasteiger partial charge in [-0.1, -0.05) is 18.0 Å². The third-order valence-electron chi connectivity index (χ3n) is 4.62. The van der Waals surface area contributed by atoms with Gasteiger partial charge in [0.05, 0.1) is 27.7 Å². The lowest BCUT2D eigenvalue weighted by molar-refractivity contribution is -0.116. The second-order valence-corrected chi connectivity index (χ2v) is 9.84. The summed E-state index contributed by atoms with van der Waals surface area (Å²) < 4.78 is 22.6. The van der Waals surface area contributed by atoms with Crippen molar-refractivity contribution in [3.8, 4) is 0 Å². The van der Waals surface area contributed by atoms with E-state index in [1.807, 2.05) is 11.8 Å². The molecule has 1 aromatic carbocycles. The van der Waals surface area contributed by atoms with Gasteiger partial charge in [-0.25, -0.2) is 18.4 Å². The zero-order valence-electron chi connectivity index (χ0n) is 14.4. The lowest BCUT2D eigenvalue weighted by Gasteiger charge is -2.16. The molecule has 11 heteroatoms. The lowest BCUT2D eigenvalue weighted by atomic mass is 10.0. The van der Waals surface area contributed by atoms with Crippen molar-refractivity contribution in [2.45, 2.75) is 47.9 Å². The molecule has 3 atom stereocenters. The predicted molar refractivity (Wildman–Crippen MR) is 105 cm³/mol. The maximum atomic E-state index is 12.1. The zero-order chi connectivity index (χ0) is 19.6. The summed E-state index contributed by atoms with van der Waals surface area (Å²) in [4.78, 5) is 23.3. The second kappa shape index (κ2) is 8.26. The fourth-order valence-electron chi connectivity index (χ4n) is 3.26. The van der Waals surface area contributed by atoms with Crippen LogP contribution in [0, 0.1) is 0 Å². The average molecular weight is 433 g/mol. The monoisotopic (exact) mass is 432 g/mol. The molecule has 2 aliphatic heterocycles. The SMILES string of the molecule is NS(=O)(=O)c1ccc(NC(=O)CCCC[C@@H]2SC[C@@H]3NC(=O)N[C@@H]32)c(Cl)c1. The van der Waals surface area contributed by atoms with Gasteiger partial charge in [0, 0.05) is 17.4 Å². The molecule has 27 heavy (non-hydrogen) atoms. The van der Waals surface area contributed by atoms with Crippen molar-refractivity contribution in [1.29, 1.82) is 0 Å². The highest BCUT2D eigenvalue weighted by molar-refractivity contribution is 8.00. The first-order valence-corrected chi connectivity index (χ1v) is 11.5. The summed E-state index contributed by atoms with van der Waals surface area (Å²) in [6, 6.07) is 4.22. The highest BCUT2D eigenvalue weighted by Crippen LogP contribution is 2.33. The number of primary sulfonamides is 1. The molecule has 0 aromatic heterocycles. The number of rotatable bonds is 7. The summed E-state index contributed by atoms with van der Waals surface area (Å²) in [5, 5.41) is 14.1. The topological polar surface area (TPSA) is 130 Å². The van der Waals surface area contributed by atoms with E-state index in [0.29, 0.717) is 23.8 Å². The van der Waals surface area contributed by atoms with E-state index < -0.39 is 10.0 Å². The number of anilines is 1. The highest BCUT2D eigenvalue weighted by Gasteiger charge is 2.42. The number of unbranched alkanes of at least 4 members (excludes halogenated alkanes) is 1. The largest absolute Gasteiger partial charge is 0.332 e. The van der Waals surface area contributed by atoms with Gasteiger partial charge < -0.3 is 16.0 Å². The van der Waals surface area contributed by atoms with E-state index in [4.69, 9.17) is 16.7 Å². The third-order valence-corrected chi connectivity index (χ3v) is 7.36. The van der Waals surface area contributed by atoms with E-state index in [1.54, 1.807) is 0 Å². The minimum atomic E-state index is -3.84. The molecule has 0 saturated carbocycles. The number of sulfonamides is 1. The van der Waals surface area contributed by atoms with Crippen molar-refractivity contribution in [3.63, 3.8) is 0 Å². The number of urea groups is 1. The maximum Gasteiger partial charge on any atom is 0.315 e. The Bertz CT molecular complexity index is 849. The first-order chi connectivity index (χ1) is 12.7. The standard InChI is InChI=1S/C16H21ClN4O4S2/c17-10-7-9(27(18,24)25)5-6-11(10)19-14(22)4-2-1-3-13-15-12(8-26-13)20-16(23)21-15/h5-7,12-13,15H,1-4,8H2,(H,19,22)(H2,18,24,25)(H2,20,21,23)/t12-,13-,15-/m0/s1. The van der Waals surface area contributed by atoms with Gasteiger partial charge in [-0.05, 0) is 31.0 Å². The number of halogens is 1. The number of carbonyl (C=O) groups is 2. The van der Waals surface area contributed by atoms with Crippen LogP contribution in [0.2, 0.25) is 5.02 Å². The summed E-state index contributed by atoms with van der Waals surface area (Å²) in [6.45, 7) is 0. The summed E-state index contributed by atoms with van der Waals surface area (Å²) >= 11 is 7.86. The minimum Gasteiger partial charge on any atom is -0.332 e. The number of hydrogen-bond donors (Lipinski definition) is 4. The third kappa shape index (κ3) is 5.07. The Morgan fingerprint density at radius 3 is 2.81 bits per heavy atom. The Morgan fingerprint density at radius 1 is 1.33 bits per heavy atom. The number of nitrogens with one attached hydrogen (secondary N) is 3. The zero-order valence-corrected chi connectivity index (χ0v) is 16.8. The number of nitrogens with two attached hydrogens (primary N) is 1. The van der Waals surface area contributed by atoms with Crippen molar-refractivity contribution in [3.05, 3.63) is 23.2 Å². The van der Waals surface area contributed by atoms with E-state index in [-0.39, 0.29) is 33.9 Å². The maximum absolute atomic E-state index is 12.1. The summed E-state index contributed by atoms with van der Waals surface area (Å²) in [5.41, 5.74) is 0.350. The summed E-state index contributed by atoms with van der Waals surface area (Å²) in [6.07, 6.45) is 2.87. The van der Waals surface area contributed by atoms with Gasteiger partial charge in [-0.3, -0.25) is 4.79 Å². The first-order valence-electron chi connectivity index (χ1n) is 8.55. The molecule has 3 amide bonds. The van der Waals surface area contributed by atoms with Crippen LogP contribution >= 0.6 is 23.4 Å². The van der Waals surface area contributed by atoms with E-state index in [9.17, 15) is 18.0 Å². The Kier molecular flexibility index (Phi) is 6.19. The lowest BCUT2D eigenvalue weighted by Crippen LogP contribution is -2.36. The number of hydrogen-bond acceptors (Lipinski definition) is 5. The summed E-state index contributed by atoms with van der Waals surface area (Å²) in [5.74, 6) is 0.731. The smallest absolute Gasteiger partial charge is 0.315 e. The van der Waals surface area contributed by atoms with Gasteiger partial charge in [0.15, 0.2) is 0 Å². The van der Waals surface area contributed by atoms with Crippen LogP contribution in [0.1, 0.15) is 25.7 Å². The molecule has 1 aromatic rings. The molecule has 148 valence electrons. The van der Waals surface area contributed by atoms with Gasteiger partial charge in [0.1, 0.15) is 0 Å². The number of benzene rings is 1. The predicted octanol–water partition coefficient (Wildman–Crippen LogP) is 1.65. The van der Waals surface area contributed by atoms with Crippen LogP contribution in [0.25, 0.3) is 0 Å². The fourth-order valence-corrected chi connectivity index (χ4v) is 5.64. The molecule has 2 heterocycles. The number of amides is 3. The van der Waals surface area contributed by atoms with Crippen LogP contribution in [0.4, 0.5) is 10.5 Å². The molecule has 3 rings (SSSR count). The number of carbonyl (C=O) groups excluding carboxylic acids is 2. The number of fused-ring (bicyclic) bond motifs is 1. The Labute approximate surface area is 167 Å². The normalized spacial score (nSPS) is 24.2. The van der Waals surface area contributed by atoms with Crippen LogP contribution in [0.3, 0.4) is 0 Å². The fraction of sp³-hybridized carbons (Fsp3) is 0.500. The van der Waals surface area contributed by atoms with Gasteiger partial charge in [-0.15, -0.1) is 0 Å². The molecule has 0 bridgehead atoms. The molecule has 2 fully saturated rings. The van der Waals surface area contributed by atoms with Gasteiger partial charge >= 0.3 is 6.03 Å². The number of thioether (sulfide) groups is 1. The molecule has 2 aliphatic rings. The van der Waals surface area contributed by atoms with Crippen molar-refractivity contribution in [1.82, 2.24) is 10.6 Å². The molecule has 5 N–H and O–H groups in total. The Hall–Kier alpha value is -1.49. The molecular weight excluding hydrogens is 412 g/mol. The van der Waals surface area contributed by atoms with Crippen LogP contribution in [-0.2, 0) is 14.8 Å². The van der Waals surface area contributed by atoms with E-state index in [1.165, 1.54) is 18.2 Å². The molecule has 0 aliphatic carbocycles. The van der Waals surface area contributed by atoms with Crippen molar-refractivity contribution in [2.24, 2.45) is 5.14 Å². The second-order valence-electron chi connectivity index (χ2n) is 6.60. The van der Waals surface area contributed by atoms with Crippen LogP contribution in [0.5, 0.6) is 0 Å². The van der Waals surface area contributed by atoms with E-state index in [2.05, 4.69) is 16.0 Å². The van der Waals surface area contributed by atoms with Gasteiger partial charge in [-0.2, -0.15) is 11.8 Å². The van der Waals surface area contributed by atoms with Crippen molar-refractivity contribution >= 4 is 51.0 Å². The Morgan fingerprint density at radius 2 is 2.11 bits per heavy atom. The molecule has 0 unspecified atom stereocenters. The molecule has 0 spiro atoms. The highest BCUT2D eigenvalue weighted by atomic mass is 35.5. The summed E-state index contributed by atoms with van der Waals surface area (Å²) in [7, 11) is -3.84. The molecule has 8 nitrogen and oxygen atoms in total. The van der Waals surface area contributed by atoms with Gasteiger partial charge in [0.2, 0.25) is 15.9 Å². The molecular formula is C16H21ClN4O4S2. The quantitative estimate of drug-likeness (QED) is 0.384. The minimum absolute atomic E-state index is 0.0972. The van der Waals surface area contributed by atoms with E-state index >= 15 is 0 Å². The van der Waals surface area contributed by atoms with Gasteiger partial charge in [0.25, 0.3) is 0 Å². The van der Waals surface area contributed by atoms with Crippen LogP contribution < -0.4 is 21.1 Å². The Balaban J connectivity index is 1.42. The molecule has 2 saturated heterocycles. The van der Waals surface area contributed by atoms with Crippen LogP contribution in [0.15, 0.2) is 23.1 Å². The van der Waals surface area contributed by atoms with Crippen molar-refractivity contribution < 1.29 is 18.0 Å². The van der Waals surface area contributed by atoms with E-state index in [0.717, 1.165) is 18.6 Å². The van der Waals surface area contributed by atoms with Crippen LogP contribution in [-0.4, -0.2) is 43.4 Å². The molecule has 0 radical (unpaired) electrons. The first kappa shape index (κ1) is 20.2.